The van der Waals surface area contributed by atoms with Crippen molar-refractivity contribution >= 4 is 11.6 Å². The molecule has 0 aromatic carbocycles. The topological polar surface area (TPSA) is 15.3 Å². The van der Waals surface area contributed by atoms with E-state index in [1.165, 1.54) is 64.6 Å². The highest BCUT2D eigenvalue weighted by atomic mass is 35.5. The molecule has 3 heteroatoms. The van der Waals surface area contributed by atoms with Crippen LogP contribution >= 0.6 is 11.6 Å². The molecule has 0 aromatic rings. The Labute approximate surface area is 105 Å². The summed E-state index contributed by atoms with van der Waals surface area (Å²) in [5.41, 5.74) is 0.284. The van der Waals surface area contributed by atoms with Gasteiger partial charge in [0.15, 0.2) is 0 Å². The smallest absolute Gasteiger partial charge is 0.0406 e. The van der Waals surface area contributed by atoms with Gasteiger partial charge in [0.25, 0.3) is 0 Å². The second-order valence-corrected chi connectivity index (χ2v) is 5.72. The standard InChI is InChI=1S/C13H25ClN2/c14-12-13(6-1-2-7-13)15-8-5-11-16-9-3-4-10-16/h15H,1-12H2. The second-order valence-electron chi connectivity index (χ2n) is 5.45. The highest BCUT2D eigenvalue weighted by Crippen LogP contribution is 2.30. The molecule has 0 atom stereocenters. The molecule has 1 saturated carbocycles. The second kappa shape index (κ2) is 6.23. The van der Waals surface area contributed by atoms with Gasteiger partial charge >= 0.3 is 0 Å². The van der Waals surface area contributed by atoms with E-state index < -0.39 is 0 Å². The molecule has 0 bridgehead atoms. The van der Waals surface area contributed by atoms with Crippen LogP contribution in [-0.2, 0) is 0 Å². The first kappa shape index (κ1) is 12.7. The Balaban J connectivity index is 1.59. The van der Waals surface area contributed by atoms with Crippen LogP contribution in [0.4, 0.5) is 0 Å². The quantitative estimate of drug-likeness (QED) is 0.571. The van der Waals surface area contributed by atoms with Crippen molar-refractivity contribution in [3.8, 4) is 0 Å². The minimum Gasteiger partial charge on any atom is -0.310 e. The molecule has 0 aromatic heterocycles. The lowest BCUT2D eigenvalue weighted by molar-refractivity contribution is 0.310. The van der Waals surface area contributed by atoms with Gasteiger partial charge in [-0.15, -0.1) is 11.6 Å². The minimum atomic E-state index is 0.284. The molecule has 0 amide bonds. The van der Waals surface area contributed by atoms with Crippen molar-refractivity contribution in [1.82, 2.24) is 10.2 Å². The Kier molecular flexibility index (Phi) is 4.93. The molecule has 2 aliphatic rings. The Morgan fingerprint density at radius 3 is 2.38 bits per heavy atom. The molecule has 1 N–H and O–H groups in total. The third-order valence-corrected chi connectivity index (χ3v) is 4.68. The van der Waals surface area contributed by atoms with E-state index in [1.807, 2.05) is 0 Å². The van der Waals surface area contributed by atoms with Crippen LogP contribution in [0.2, 0.25) is 0 Å². The largest absolute Gasteiger partial charge is 0.310 e. The fourth-order valence-corrected chi connectivity index (χ4v) is 3.43. The predicted octanol–water partition coefficient (Wildman–Crippen LogP) is 2.61. The fraction of sp³-hybridized carbons (Fsp3) is 1.00. The Morgan fingerprint density at radius 1 is 1.06 bits per heavy atom. The monoisotopic (exact) mass is 244 g/mol. The normalized spacial score (nSPS) is 25.3. The summed E-state index contributed by atoms with van der Waals surface area (Å²) in [5.74, 6) is 0.788. The van der Waals surface area contributed by atoms with Crippen molar-refractivity contribution in [2.75, 3.05) is 32.1 Å². The van der Waals surface area contributed by atoms with E-state index in [4.69, 9.17) is 11.6 Å². The van der Waals surface area contributed by atoms with Crippen LogP contribution < -0.4 is 5.32 Å². The van der Waals surface area contributed by atoms with Gasteiger partial charge in [0.1, 0.15) is 0 Å². The summed E-state index contributed by atoms with van der Waals surface area (Å²) in [7, 11) is 0. The molecule has 0 radical (unpaired) electrons. The minimum absolute atomic E-state index is 0.284. The number of hydrogen-bond donors (Lipinski definition) is 1. The number of nitrogens with zero attached hydrogens (tertiary/aromatic N) is 1. The molecule has 1 heterocycles. The fourth-order valence-electron chi connectivity index (χ4n) is 3.07. The van der Waals surface area contributed by atoms with Crippen molar-refractivity contribution in [3.05, 3.63) is 0 Å². The molecule has 94 valence electrons. The molecule has 1 aliphatic heterocycles. The van der Waals surface area contributed by atoms with Crippen molar-refractivity contribution in [1.29, 1.82) is 0 Å². The molecular weight excluding hydrogens is 220 g/mol. The highest BCUT2D eigenvalue weighted by molar-refractivity contribution is 6.18. The van der Waals surface area contributed by atoms with Gasteiger partial charge in [-0.1, -0.05) is 12.8 Å². The van der Waals surface area contributed by atoms with Crippen molar-refractivity contribution < 1.29 is 0 Å². The van der Waals surface area contributed by atoms with Gasteiger partial charge in [-0.05, 0) is 58.3 Å². The molecule has 1 saturated heterocycles. The molecule has 2 rings (SSSR count). The number of hydrogen-bond acceptors (Lipinski definition) is 2. The lowest BCUT2D eigenvalue weighted by atomic mass is 10.0. The van der Waals surface area contributed by atoms with Gasteiger partial charge in [0.2, 0.25) is 0 Å². The van der Waals surface area contributed by atoms with E-state index in [9.17, 15) is 0 Å². The molecule has 1 aliphatic carbocycles. The van der Waals surface area contributed by atoms with Crippen LogP contribution in [0.1, 0.15) is 44.9 Å². The lowest BCUT2D eigenvalue weighted by Crippen LogP contribution is -2.45. The van der Waals surface area contributed by atoms with Crippen molar-refractivity contribution in [3.63, 3.8) is 0 Å². The van der Waals surface area contributed by atoms with Crippen molar-refractivity contribution in [2.45, 2.75) is 50.5 Å². The summed E-state index contributed by atoms with van der Waals surface area (Å²) < 4.78 is 0. The average molecular weight is 245 g/mol. The summed E-state index contributed by atoms with van der Waals surface area (Å²) >= 11 is 6.10. The summed E-state index contributed by atoms with van der Waals surface area (Å²) in [6.07, 6.45) is 9.34. The Bertz CT molecular complexity index is 196. The van der Waals surface area contributed by atoms with Gasteiger partial charge in [-0.3, -0.25) is 0 Å². The van der Waals surface area contributed by atoms with Gasteiger partial charge in [0.05, 0.1) is 0 Å². The Hall–Kier alpha value is 0.210. The summed E-state index contributed by atoms with van der Waals surface area (Å²) in [5, 5.41) is 3.71. The predicted molar refractivity (Wildman–Crippen MR) is 70.2 cm³/mol. The SMILES string of the molecule is ClCC1(NCCCN2CCCC2)CCCC1. The van der Waals surface area contributed by atoms with Crippen LogP contribution in [0.3, 0.4) is 0 Å². The lowest BCUT2D eigenvalue weighted by Gasteiger charge is -2.28. The zero-order valence-corrected chi connectivity index (χ0v) is 11.1. The number of halogens is 1. The van der Waals surface area contributed by atoms with Gasteiger partial charge in [0, 0.05) is 11.4 Å². The number of likely N-dealkylation sites (tertiary alicyclic amines) is 1. The molecule has 2 nitrogen and oxygen atoms in total. The first-order valence-corrected chi connectivity index (χ1v) is 7.41. The van der Waals surface area contributed by atoms with E-state index in [0.717, 1.165) is 12.4 Å². The maximum absolute atomic E-state index is 6.10. The first-order valence-electron chi connectivity index (χ1n) is 6.88. The van der Waals surface area contributed by atoms with Crippen LogP contribution in [0.5, 0.6) is 0 Å². The zero-order valence-electron chi connectivity index (χ0n) is 10.3. The summed E-state index contributed by atoms with van der Waals surface area (Å²) in [6.45, 7) is 5.05. The zero-order chi connectivity index (χ0) is 11.3. The average Bonchev–Trinajstić information content (AvgIpc) is 2.97. The third-order valence-electron chi connectivity index (χ3n) is 4.17. The number of alkyl halides is 1. The Morgan fingerprint density at radius 2 is 1.75 bits per heavy atom. The molecular formula is C13H25ClN2. The molecule has 16 heavy (non-hydrogen) atoms. The van der Waals surface area contributed by atoms with E-state index in [0.29, 0.717) is 0 Å². The van der Waals surface area contributed by atoms with Gasteiger partial charge in [-0.25, -0.2) is 0 Å². The summed E-state index contributed by atoms with van der Waals surface area (Å²) in [6, 6.07) is 0. The van der Waals surface area contributed by atoms with Crippen LogP contribution in [0.25, 0.3) is 0 Å². The van der Waals surface area contributed by atoms with Crippen LogP contribution in [0, 0.1) is 0 Å². The number of rotatable bonds is 6. The number of nitrogens with one attached hydrogen (secondary N) is 1. The third kappa shape index (κ3) is 3.35. The van der Waals surface area contributed by atoms with Gasteiger partial charge < -0.3 is 10.2 Å². The van der Waals surface area contributed by atoms with E-state index in [1.54, 1.807) is 0 Å². The van der Waals surface area contributed by atoms with Crippen molar-refractivity contribution in [2.24, 2.45) is 0 Å². The highest BCUT2D eigenvalue weighted by Gasteiger charge is 2.31. The molecule has 2 fully saturated rings. The van der Waals surface area contributed by atoms with E-state index in [2.05, 4.69) is 10.2 Å². The maximum atomic E-state index is 6.10. The van der Waals surface area contributed by atoms with Gasteiger partial charge in [-0.2, -0.15) is 0 Å². The van der Waals surface area contributed by atoms with Crippen LogP contribution in [-0.4, -0.2) is 42.5 Å². The molecule has 0 unspecified atom stereocenters. The van der Waals surface area contributed by atoms with E-state index >= 15 is 0 Å². The van der Waals surface area contributed by atoms with Crippen LogP contribution in [0.15, 0.2) is 0 Å². The molecule has 0 spiro atoms. The first-order chi connectivity index (χ1) is 7.85. The van der Waals surface area contributed by atoms with E-state index in [-0.39, 0.29) is 5.54 Å². The summed E-state index contributed by atoms with van der Waals surface area (Å²) in [4.78, 5) is 2.59. The maximum Gasteiger partial charge on any atom is 0.0406 e.